The Balaban J connectivity index is 1.53. The maximum Gasteiger partial charge on any atom is 0.246 e. The molecule has 0 saturated carbocycles. The van der Waals surface area contributed by atoms with Crippen LogP contribution in [0.4, 0.5) is 5.82 Å². The van der Waals surface area contributed by atoms with Gasteiger partial charge < -0.3 is 20.1 Å². The minimum Gasteiger partial charge on any atom is -0.383 e. The predicted octanol–water partition coefficient (Wildman–Crippen LogP) is 2.77. The SMILES string of the molecule is C=CC(=O)N1CC=C(c2c(C3=CCC(C(=O)N4CCCC4)CC3)c3c(N)ncnc3n2C)C1. The number of fused-ring (bicyclic) bond motifs is 1. The number of likely N-dealkylation sites (tertiary alicyclic amines) is 1. The van der Waals surface area contributed by atoms with Gasteiger partial charge in [0.2, 0.25) is 11.8 Å². The summed E-state index contributed by atoms with van der Waals surface area (Å²) in [4.78, 5) is 37.7. The van der Waals surface area contributed by atoms with Crippen LogP contribution in [0.5, 0.6) is 0 Å². The highest BCUT2D eigenvalue weighted by Gasteiger charge is 2.32. The molecule has 2 aromatic heterocycles. The van der Waals surface area contributed by atoms with Crippen molar-refractivity contribution in [3.8, 4) is 0 Å². The Bertz CT molecular complexity index is 1200. The molecule has 33 heavy (non-hydrogen) atoms. The Morgan fingerprint density at radius 3 is 2.64 bits per heavy atom. The standard InChI is InChI=1S/C25H30N6O2/c1-3-19(32)31-13-10-18(14-31)22-20(21-23(26)27-15-28-24(21)29(22)2)16-6-8-17(9-7-16)25(33)30-11-4-5-12-30/h3,6,10,15,17H,1,4-5,7-9,11-14H2,2H3,(H2,26,27,28). The molecule has 1 saturated heterocycles. The molecule has 2 aromatic rings. The van der Waals surface area contributed by atoms with Crippen molar-refractivity contribution in [1.82, 2.24) is 24.3 Å². The van der Waals surface area contributed by atoms with Crippen LogP contribution >= 0.6 is 0 Å². The molecule has 4 heterocycles. The van der Waals surface area contributed by atoms with E-state index in [2.05, 4.69) is 33.3 Å². The maximum atomic E-state index is 12.9. The van der Waals surface area contributed by atoms with Crippen LogP contribution in [0.25, 0.3) is 22.2 Å². The van der Waals surface area contributed by atoms with Crippen molar-refractivity contribution in [3.63, 3.8) is 0 Å². The van der Waals surface area contributed by atoms with Crippen LogP contribution in [0.3, 0.4) is 0 Å². The van der Waals surface area contributed by atoms with Crippen LogP contribution in [-0.4, -0.2) is 62.3 Å². The highest BCUT2D eigenvalue weighted by molar-refractivity contribution is 6.03. The monoisotopic (exact) mass is 446 g/mol. The lowest BCUT2D eigenvalue weighted by Crippen LogP contribution is -2.34. The minimum absolute atomic E-state index is 0.0465. The molecule has 1 aliphatic carbocycles. The highest BCUT2D eigenvalue weighted by Crippen LogP contribution is 2.42. The number of aryl methyl sites for hydroxylation is 1. The molecule has 8 heteroatoms. The van der Waals surface area contributed by atoms with E-state index in [0.29, 0.717) is 24.8 Å². The molecule has 172 valence electrons. The Morgan fingerprint density at radius 2 is 1.94 bits per heavy atom. The fraction of sp³-hybridized carbons (Fsp3) is 0.440. The first kappa shape index (κ1) is 21.4. The van der Waals surface area contributed by atoms with Gasteiger partial charge >= 0.3 is 0 Å². The summed E-state index contributed by atoms with van der Waals surface area (Å²) in [5.74, 6) is 0.706. The third-order valence-corrected chi connectivity index (χ3v) is 7.21. The molecular formula is C25H30N6O2. The lowest BCUT2D eigenvalue weighted by Gasteiger charge is -2.26. The summed E-state index contributed by atoms with van der Waals surface area (Å²) in [6, 6.07) is 0. The number of hydrogen-bond acceptors (Lipinski definition) is 5. The van der Waals surface area contributed by atoms with Crippen molar-refractivity contribution >= 4 is 39.8 Å². The Morgan fingerprint density at radius 1 is 1.15 bits per heavy atom. The molecule has 1 atom stereocenters. The zero-order valence-corrected chi connectivity index (χ0v) is 19.1. The second-order valence-electron chi connectivity index (χ2n) is 9.13. The van der Waals surface area contributed by atoms with Crippen molar-refractivity contribution in [2.45, 2.75) is 32.1 Å². The van der Waals surface area contributed by atoms with E-state index < -0.39 is 0 Å². The number of nitrogens with two attached hydrogens (primary N) is 1. The number of carbonyl (C=O) groups excluding carboxylic acids is 2. The lowest BCUT2D eigenvalue weighted by atomic mass is 9.84. The van der Waals surface area contributed by atoms with Gasteiger partial charge in [-0.3, -0.25) is 9.59 Å². The summed E-state index contributed by atoms with van der Waals surface area (Å²) in [6.07, 6.45) is 11.7. The van der Waals surface area contributed by atoms with Crippen LogP contribution in [0, 0.1) is 5.92 Å². The number of carbonyl (C=O) groups is 2. The smallest absolute Gasteiger partial charge is 0.246 e. The van der Waals surface area contributed by atoms with Gasteiger partial charge in [-0.25, -0.2) is 9.97 Å². The summed E-state index contributed by atoms with van der Waals surface area (Å²) < 4.78 is 2.05. The van der Waals surface area contributed by atoms with Crippen LogP contribution in [0.15, 0.2) is 31.1 Å². The molecular weight excluding hydrogens is 416 g/mol. The molecule has 0 spiro atoms. The molecule has 3 aliphatic rings. The fourth-order valence-corrected chi connectivity index (χ4v) is 5.47. The van der Waals surface area contributed by atoms with Gasteiger partial charge in [0.05, 0.1) is 11.1 Å². The third kappa shape index (κ3) is 3.63. The van der Waals surface area contributed by atoms with Gasteiger partial charge in [-0.2, -0.15) is 0 Å². The van der Waals surface area contributed by atoms with E-state index in [-0.39, 0.29) is 11.8 Å². The van der Waals surface area contributed by atoms with Crippen molar-refractivity contribution in [3.05, 3.63) is 42.4 Å². The third-order valence-electron chi connectivity index (χ3n) is 7.21. The second kappa shape index (κ2) is 8.50. The quantitative estimate of drug-likeness (QED) is 0.729. The topological polar surface area (TPSA) is 97.3 Å². The van der Waals surface area contributed by atoms with Crippen LogP contribution < -0.4 is 5.73 Å². The summed E-state index contributed by atoms with van der Waals surface area (Å²) in [7, 11) is 1.98. The molecule has 5 rings (SSSR count). The van der Waals surface area contributed by atoms with Crippen LogP contribution in [0.2, 0.25) is 0 Å². The molecule has 2 N–H and O–H groups in total. The summed E-state index contributed by atoms with van der Waals surface area (Å²) in [5.41, 5.74) is 11.4. The van der Waals surface area contributed by atoms with E-state index in [1.807, 2.05) is 11.9 Å². The summed E-state index contributed by atoms with van der Waals surface area (Å²) in [5, 5.41) is 0.847. The normalized spacial score (nSPS) is 20.8. The van der Waals surface area contributed by atoms with Gasteiger partial charge in [0.25, 0.3) is 0 Å². The van der Waals surface area contributed by atoms with E-state index >= 15 is 0 Å². The second-order valence-corrected chi connectivity index (χ2v) is 9.13. The average molecular weight is 447 g/mol. The Labute approximate surface area is 193 Å². The fourth-order valence-electron chi connectivity index (χ4n) is 5.47. The number of amides is 2. The number of allylic oxidation sites excluding steroid dienone is 2. The molecule has 2 amide bonds. The molecule has 0 aromatic carbocycles. The van der Waals surface area contributed by atoms with Gasteiger partial charge in [0.1, 0.15) is 17.8 Å². The van der Waals surface area contributed by atoms with Gasteiger partial charge in [-0.1, -0.05) is 18.7 Å². The van der Waals surface area contributed by atoms with Crippen LogP contribution in [0.1, 0.15) is 43.4 Å². The maximum absolute atomic E-state index is 12.9. The largest absolute Gasteiger partial charge is 0.383 e. The van der Waals surface area contributed by atoms with Crippen molar-refractivity contribution in [2.24, 2.45) is 13.0 Å². The average Bonchev–Trinajstić information content (AvgIpc) is 3.59. The molecule has 1 unspecified atom stereocenters. The molecule has 8 nitrogen and oxygen atoms in total. The van der Waals surface area contributed by atoms with E-state index in [4.69, 9.17) is 5.73 Å². The van der Waals surface area contributed by atoms with E-state index in [1.165, 1.54) is 18.0 Å². The zero-order chi connectivity index (χ0) is 23.1. The number of aromatic nitrogens is 3. The first-order valence-electron chi connectivity index (χ1n) is 11.7. The van der Waals surface area contributed by atoms with Crippen molar-refractivity contribution in [1.29, 1.82) is 0 Å². The molecule has 0 radical (unpaired) electrons. The van der Waals surface area contributed by atoms with Crippen molar-refractivity contribution < 1.29 is 9.59 Å². The number of nitrogen functional groups attached to an aromatic ring is 1. The number of hydrogen-bond donors (Lipinski definition) is 1. The van der Waals surface area contributed by atoms with Gasteiger partial charge in [0.15, 0.2) is 0 Å². The Kier molecular flexibility index (Phi) is 5.52. The summed E-state index contributed by atoms with van der Waals surface area (Å²) >= 11 is 0. The van der Waals surface area contributed by atoms with Crippen LogP contribution in [-0.2, 0) is 16.6 Å². The van der Waals surface area contributed by atoms with E-state index in [1.54, 1.807) is 4.90 Å². The number of anilines is 1. The highest BCUT2D eigenvalue weighted by atomic mass is 16.2. The van der Waals surface area contributed by atoms with E-state index in [0.717, 1.165) is 73.1 Å². The minimum atomic E-state index is -0.0824. The summed E-state index contributed by atoms with van der Waals surface area (Å²) in [6.45, 7) is 6.46. The molecule has 1 fully saturated rings. The number of rotatable bonds is 4. The van der Waals surface area contributed by atoms with Gasteiger partial charge in [-0.15, -0.1) is 0 Å². The molecule has 0 bridgehead atoms. The zero-order valence-electron chi connectivity index (χ0n) is 19.1. The number of nitrogens with zero attached hydrogens (tertiary/aromatic N) is 5. The van der Waals surface area contributed by atoms with Crippen molar-refractivity contribution in [2.75, 3.05) is 31.9 Å². The van der Waals surface area contributed by atoms with Gasteiger partial charge in [-0.05, 0) is 49.3 Å². The molecule has 2 aliphatic heterocycles. The van der Waals surface area contributed by atoms with E-state index in [9.17, 15) is 9.59 Å². The first-order chi connectivity index (χ1) is 16.0. The first-order valence-corrected chi connectivity index (χ1v) is 11.7. The Hall–Kier alpha value is -3.42. The predicted molar refractivity (Wildman–Crippen MR) is 129 cm³/mol. The lowest BCUT2D eigenvalue weighted by molar-refractivity contribution is -0.134. The van der Waals surface area contributed by atoms with Gasteiger partial charge in [0, 0.05) is 44.7 Å².